The van der Waals surface area contributed by atoms with Crippen molar-refractivity contribution in [2.75, 3.05) is 18.9 Å². The molecule has 0 saturated heterocycles. The second-order valence-electron chi connectivity index (χ2n) is 5.84. The highest BCUT2D eigenvalue weighted by atomic mass is 35.5. The molecule has 4 rings (SSSR count). The van der Waals surface area contributed by atoms with Crippen LogP contribution >= 0.6 is 11.6 Å². The molecular weight excluding hydrogens is 324 g/mol. The number of hydrogen-bond donors (Lipinski definition) is 1. The Balaban J connectivity index is 1.68. The number of hydrogen-bond acceptors (Lipinski definition) is 3. The van der Waals surface area contributed by atoms with E-state index in [1.165, 1.54) is 0 Å². The van der Waals surface area contributed by atoms with E-state index in [4.69, 9.17) is 11.6 Å². The van der Waals surface area contributed by atoms with Gasteiger partial charge >= 0.3 is 0 Å². The molecule has 0 fully saturated rings. The lowest BCUT2D eigenvalue weighted by Gasteiger charge is -2.29. The summed E-state index contributed by atoms with van der Waals surface area (Å²) in [5.41, 5.74) is 2.83. The number of aromatic nitrogens is 2. The number of rotatable bonds is 2. The number of carbonyl (C=O) groups excluding carboxylic acids is 1. The molecule has 0 saturated carbocycles. The van der Waals surface area contributed by atoms with Crippen LogP contribution in [0.25, 0.3) is 10.9 Å². The molecule has 3 aromatic rings. The first-order chi connectivity index (χ1) is 11.7. The molecule has 1 aliphatic heterocycles. The number of carbonyl (C=O) groups is 1. The Morgan fingerprint density at radius 1 is 1.25 bits per heavy atom. The summed E-state index contributed by atoms with van der Waals surface area (Å²) in [6.45, 7) is 2.00. The summed E-state index contributed by atoms with van der Waals surface area (Å²) >= 11 is 6.30. The number of anilines is 1. The number of pyridine rings is 1. The van der Waals surface area contributed by atoms with E-state index in [0.717, 1.165) is 28.2 Å². The quantitative estimate of drug-likeness (QED) is 0.778. The molecule has 1 N–H and O–H groups in total. The maximum absolute atomic E-state index is 12.9. The van der Waals surface area contributed by atoms with Crippen LogP contribution in [0.5, 0.6) is 0 Å². The lowest BCUT2D eigenvalue weighted by Crippen LogP contribution is -2.38. The SMILES string of the molecule is CNc1ncccc1C(=O)N1CCn2c(cc3c(Cl)cccc32)C1. The van der Waals surface area contributed by atoms with Crippen molar-refractivity contribution in [1.82, 2.24) is 14.5 Å². The van der Waals surface area contributed by atoms with Gasteiger partial charge in [0.05, 0.1) is 12.1 Å². The number of halogens is 1. The molecule has 2 aromatic heterocycles. The van der Waals surface area contributed by atoms with Gasteiger partial charge < -0.3 is 14.8 Å². The van der Waals surface area contributed by atoms with Crippen LogP contribution < -0.4 is 5.32 Å². The summed E-state index contributed by atoms with van der Waals surface area (Å²) in [6, 6.07) is 11.6. The van der Waals surface area contributed by atoms with Gasteiger partial charge in [-0.15, -0.1) is 0 Å². The normalized spacial score (nSPS) is 13.8. The van der Waals surface area contributed by atoms with Gasteiger partial charge in [0.15, 0.2) is 0 Å². The summed E-state index contributed by atoms with van der Waals surface area (Å²) in [4.78, 5) is 19.0. The fourth-order valence-electron chi connectivity index (χ4n) is 3.31. The van der Waals surface area contributed by atoms with Crippen LogP contribution in [0.15, 0.2) is 42.6 Å². The van der Waals surface area contributed by atoms with Gasteiger partial charge in [-0.2, -0.15) is 0 Å². The van der Waals surface area contributed by atoms with Crippen molar-refractivity contribution in [3.05, 3.63) is 58.9 Å². The van der Waals surface area contributed by atoms with Gasteiger partial charge in [-0.25, -0.2) is 4.98 Å². The maximum atomic E-state index is 12.9. The van der Waals surface area contributed by atoms with Gasteiger partial charge in [0.2, 0.25) is 0 Å². The highest BCUT2D eigenvalue weighted by Crippen LogP contribution is 2.30. The van der Waals surface area contributed by atoms with E-state index in [9.17, 15) is 4.79 Å². The smallest absolute Gasteiger partial charge is 0.258 e. The number of benzene rings is 1. The lowest BCUT2D eigenvalue weighted by molar-refractivity contribution is 0.0713. The van der Waals surface area contributed by atoms with Gasteiger partial charge in [0.1, 0.15) is 5.82 Å². The van der Waals surface area contributed by atoms with E-state index in [1.807, 2.05) is 23.1 Å². The van der Waals surface area contributed by atoms with Crippen LogP contribution in [0.1, 0.15) is 16.1 Å². The van der Waals surface area contributed by atoms with E-state index >= 15 is 0 Å². The Hall–Kier alpha value is -2.53. The minimum atomic E-state index is -0.00458. The molecular formula is C18H17ClN4O. The van der Waals surface area contributed by atoms with Crippen molar-refractivity contribution >= 4 is 34.2 Å². The summed E-state index contributed by atoms with van der Waals surface area (Å²) in [5.74, 6) is 0.603. The Morgan fingerprint density at radius 3 is 2.96 bits per heavy atom. The highest BCUT2D eigenvalue weighted by Gasteiger charge is 2.25. The van der Waals surface area contributed by atoms with Crippen molar-refractivity contribution in [3.63, 3.8) is 0 Å². The van der Waals surface area contributed by atoms with E-state index < -0.39 is 0 Å². The third-order valence-corrected chi connectivity index (χ3v) is 4.82. The zero-order valence-electron chi connectivity index (χ0n) is 13.3. The fourth-order valence-corrected chi connectivity index (χ4v) is 3.54. The Labute approximate surface area is 144 Å². The van der Waals surface area contributed by atoms with E-state index in [-0.39, 0.29) is 5.91 Å². The molecule has 0 radical (unpaired) electrons. The van der Waals surface area contributed by atoms with Crippen LogP contribution in [0.3, 0.4) is 0 Å². The van der Waals surface area contributed by atoms with E-state index in [1.54, 1.807) is 19.3 Å². The molecule has 5 nitrogen and oxygen atoms in total. The van der Waals surface area contributed by atoms with Crippen LogP contribution in [0, 0.1) is 0 Å². The maximum Gasteiger partial charge on any atom is 0.258 e. The zero-order valence-corrected chi connectivity index (χ0v) is 14.0. The largest absolute Gasteiger partial charge is 0.372 e. The third kappa shape index (κ3) is 2.32. The molecule has 122 valence electrons. The topological polar surface area (TPSA) is 50.2 Å². The van der Waals surface area contributed by atoms with Gasteiger partial charge in [0.25, 0.3) is 5.91 Å². The lowest BCUT2D eigenvalue weighted by atomic mass is 10.2. The molecule has 24 heavy (non-hydrogen) atoms. The molecule has 0 atom stereocenters. The van der Waals surface area contributed by atoms with Crippen molar-refractivity contribution in [3.8, 4) is 0 Å². The van der Waals surface area contributed by atoms with Crippen LogP contribution in [-0.2, 0) is 13.1 Å². The zero-order chi connectivity index (χ0) is 16.7. The number of amides is 1. The highest BCUT2D eigenvalue weighted by molar-refractivity contribution is 6.35. The number of nitrogens with zero attached hydrogens (tertiary/aromatic N) is 3. The van der Waals surface area contributed by atoms with Crippen molar-refractivity contribution in [2.45, 2.75) is 13.1 Å². The summed E-state index contributed by atoms with van der Waals surface area (Å²) in [6.07, 6.45) is 1.68. The molecule has 1 amide bonds. The second-order valence-corrected chi connectivity index (χ2v) is 6.24. The number of nitrogens with one attached hydrogen (secondary N) is 1. The molecule has 1 aliphatic rings. The Morgan fingerprint density at radius 2 is 2.12 bits per heavy atom. The average Bonchev–Trinajstić information content (AvgIpc) is 3.00. The first-order valence-corrected chi connectivity index (χ1v) is 8.25. The predicted octanol–water partition coefficient (Wildman–Crippen LogP) is 3.39. The average molecular weight is 341 g/mol. The fraction of sp³-hybridized carbons (Fsp3) is 0.222. The third-order valence-electron chi connectivity index (χ3n) is 4.49. The standard InChI is InChI=1S/C18H17ClN4O/c1-20-17-13(4-3-7-21-17)18(24)22-8-9-23-12(11-22)10-14-15(19)5-2-6-16(14)23/h2-7,10H,8-9,11H2,1H3,(H,20,21). The first-order valence-electron chi connectivity index (χ1n) is 7.87. The molecule has 0 spiro atoms. The molecule has 1 aromatic carbocycles. The summed E-state index contributed by atoms with van der Waals surface area (Å²) in [5, 5.41) is 4.77. The second kappa shape index (κ2) is 5.83. The number of fused-ring (bicyclic) bond motifs is 3. The molecule has 3 heterocycles. The predicted molar refractivity (Wildman–Crippen MR) is 95.5 cm³/mol. The Kier molecular flexibility index (Phi) is 3.65. The minimum absolute atomic E-state index is 0.00458. The van der Waals surface area contributed by atoms with Crippen LogP contribution in [0.2, 0.25) is 5.02 Å². The van der Waals surface area contributed by atoms with E-state index in [2.05, 4.69) is 27.0 Å². The summed E-state index contributed by atoms with van der Waals surface area (Å²) < 4.78 is 2.24. The minimum Gasteiger partial charge on any atom is -0.372 e. The first kappa shape index (κ1) is 15.0. The van der Waals surface area contributed by atoms with E-state index in [0.29, 0.717) is 24.5 Å². The van der Waals surface area contributed by atoms with Crippen molar-refractivity contribution in [1.29, 1.82) is 0 Å². The molecule has 0 unspecified atom stereocenters. The van der Waals surface area contributed by atoms with Gasteiger partial charge in [-0.1, -0.05) is 17.7 Å². The van der Waals surface area contributed by atoms with Crippen molar-refractivity contribution in [2.24, 2.45) is 0 Å². The van der Waals surface area contributed by atoms with Gasteiger partial charge in [-0.05, 0) is 30.3 Å². The Bertz CT molecular complexity index is 934. The van der Waals surface area contributed by atoms with Crippen molar-refractivity contribution < 1.29 is 4.79 Å². The molecule has 0 aliphatic carbocycles. The van der Waals surface area contributed by atoms with Crippen LogP contribution in [0.4, 0.5) is 5.82 Å². The van der Waals surface area contributed by atoms with Gasteiger partial charge in [0, 0.05) is 48.0 Å². The summed E-state index contributed by atoms with van der Waals surface area (Å²) in [7, 11) is 1.77. The van der Waals surface area contributed by atoms with Gasteiger partial charge in [-0.3, -0.25) is 4.79 Å². The van der Waals surface area contributed by atoms with Crippen LogP contribution in [-0.4, -0.2) is 34.0 Å². The molecule has 6 heteroatoms. The molecule has 0 bridgehead atoms. The monoisotopic (exact) mass is 340 g/mol.